The molecule has 8 atom stereocenters. The van der Waals surface area contributed by atoms with E-state index >= 15 is 0 Å². The molecule has 8 unspecified atom stereocenters. The zero-order valence-corrected chi connectivity index (χ0v) is 21.8. The summed E-state index contributed by atoms with van der Waals surface area (Å²) < 4.78 is 20.1. The number of ether oxygens (including phenoxy) is 4. The monoisotopic (exact) mass is 520 g/mol. The molecule has 3 rings (SSSR count). The van der Waals surface area contributed by atoms with Crippen molar-refractivity contribution in [2.24, 2.45) is 35.5 Å². The number of rotatable bonds is 13. The third kappa shape index (κ3) is 7.72. The van der Waals surface area contributed by atoms with Crippen molar-refractivity contribution in [2.75, 3.05) is 26.4 Å². The van der Waals surface area contributed by atoms with Gasteiger partial charge in [-0.3, -0.25) is 0 Å². The summed E-state index contributed by atoms with van der Waals surface area (Å²) in [4.78, 5) is 46.5. The highest BCUT2D eigenvalue weighted by atomic mass is 16.6. The highest BCUT2D eigenvalue weighted by Gasteiger charge is 2.57. The van der Waals surface area contributed by atoms with Crippen LogP contribution in [0.1, 0.15) is 46.0 Å². The van der Waals surface area contributed by atoms with Crippen LogP contribution in [0.5, 0.6) is 0 Å². The predicted octanol–water partition coefficient (Wildman–Crippen LogP) is 3.36. The summed E-state index contributed by atoms with van der Waals surface area (Å²) in [5.41, 5.74) is 0. The first kappa shape index (κ1) is 28.5. The minimum atomic E-state index is -0.552. The Bertz CT molecular complexity index is 861. The SMILES string of the molecule is C=CC(=O)OCCOC(=O)NC(C)C1CC2CC1C1C(CCNC(=O)OC(C)COC(=O)C=C)CCC21. The molecule has 0 aromatic heterocycles. The second-order valence-electron chi connectivity index (χ2n) is 10.3. The molecule has 3 aliphatic carbocycles. The molecule has 0 spiro atoms. The standard InChI is InChI=1S/C27H40N2O8/c1-5-23(30)34-11-12-35-27(33)29-17(4)21-13-19-14-22(21)25-18(7-8-20(19)25)9-10-28-26(32)37-16(3)15-36-24(31)6-2/h5-6,16-22,25H,1-2,7-15H2,3-4H3,(H,28,32)(H,29,33). The fourth-order valence-electron chi connectivity index (χ4n) is 6.75. The van der Waals surface area contributed by atoms with Crippen LogP contribution < -0.4 is 10.6 Å². The first-order valence-electron chi connectivity index (χ1n) is 13.2. The Hall–Kier alpha value is -3.04. The Morgan fingerprint density at radius 1 is 0.919 bits per heavy atom. The van der Waals surface area contributed by atoms with Crippen LogP contribution in [0.15, 0.2) is 25.3 Å². The van der Waals surface area contributed by atoms with E-state index in [1.165, 1.54) is 12.8 Å². The number of amides is 2. The van der Waals surface area contributed by atoms with E-state index in [1.54, 1.807) is 6.92 Å². The molecule has 0 heterocycles. The van der Waals surface area contributed by atoms with Crippen LogP contribution >= 0.6 is 0 Å². The lowest BCUT2D eigenvalue weighted by Crippen LogP contribution is -2.43. The number of esters is 2. The normalized spacial score (nSPS) is 28.8. The van der Waals surface area contributed by atoms with Gasteiger partial charge in [-0.05, 0) is 81.5 Å². The van der Waals surface area contributed by atoms with E-state index in [2.05, 4.69) is 23.8 Å². The summed E-state index contributed by atoms with van der Waals surface area (Å²) in [6.45, 7) is 10.9. The Kier molecular flexibility index (Phi) is 10.4. The highest BCUT2D eigenvalue weighted by Crippen LogP contribution is 2.63. The lowest BCUT2D eigenvalue weighted by atomic mass is 9.70. The molecule has 10 heteroatoms. The first-order valence-corrected chi connectivity index (χ1v) is 13.2. The zero-order valence-electron chi connectivity index (χ0n) is 21.8. The van der Waals surface area contributed by atoms with E-state index in [0.717, 1.165) is 37.3 Å². The molecule has 0 aliphatic heterocycles. The Balaban J connectivity index is 1.39. The van der Waals surface area contributed by atoms with Gasteiger partial charge in [0.15, 0.2) is 0 Å². The lowest BCUT2D eigenvalue weighted by molar-refractivity contribution is -0.140. The van der Waals surface area contributed by atoms with E-state index in [1.807, 2.05) is 6.92 Å². The van der Waals surface area contributed by atoms with Gasteiger partial charge in [-0.2, -0.15) is 0 Å². The average Bonchev–Trinajstić information content (AvgIpc) is 3.58. The molecular weight excluding hydrogens is 480 g/mol. The van der Waals surface area contributed by atoms with Crippen molar-refractivity contribution in [1.82, 2.24) is 10.6 Å². The van der Waals surface area contributed by atoms with Gasteiger partial charge in [-0.1, -0.05) is 13.2 Å². The topological polar surface area (TPSA) is 129 Å². The third-order valence-corrected chi connectivity index (χ3v) is 8.14. The van der Waals surface area contributed by atoms with Crippen molar-refractivity contribution in [3.8, 4) is 0 Å². The summed E-state index contributed by atoms with van der Waals surface area (Å²) in [5, 5.41) is 5.80. The van der Waals surface area contributed by atoms with Crippen molar-refractivity contribution in [1.29, 1.82) is 0 Å². The van der Waals surface area contributed by atoms with Gasteiger partial charge < -0.3 is 29.6 Å². The highest BCUT2D eigenvalue weighted by molar-refractivity contribution is 5.81. The van der Waals surface area contributed by atoms with Gasteiger partial charge in [0, 0.05) is 24.7 Å². The molecule has 0 saturated heterocycles. The maximum Gasteiger partial charge on any atom is 0.407 e. The fraction of sp³-hybridized carbons (Fsp3) is 0.704. The maximum atomic E-state index is 12.2. The number of carbonyl (C=O) groups excluding carboxylic acids is 4. The van der Waals surface area contributed by atoms with Crippen molar-refractivity contribution in [3.63, 3.8) is 0 Å². The molecule has 0 radical (unpaired) electrons. The second-order valence-corrected chi connectivity index (χ2v) is 10.3. The minimum absolute atomic E-state index is 0.00416. The number of fused-ring (bicyclic) bond motifs is 5. The quantitative estimate of drug-likeness (QED) is 0.164. The molecule has 3 saturated carbocycles. The smallest absolute Gasteiger partial charge is 0.407 e. The third-order valence-electron chi connectivity index (χ3n) is 8.14. The molecule has 2 bridgehead atoms. The van der Waals surface area contributed by atoms with E-state index in [0.29, 0.717) is 36.1 Å². The molecule has 0 aromatic carbocycles. The number of carbonyl (C=O) groups is 4. The summed E-state index contributed by atoms with van der Waals surface area (Å²) in [7, 11) is 0. The fourth-order valence-corrected chi connectivity index (χ4v) is 6.75. The van der Waals surface area contributed by atoms with Gasteiger partial charge in [0.05, 0.1) is 0 Å². The van der Waals surface area contributed by atoms with Gasteiger partial charge in [-0.15, -0.1) is 0 Å². The van der Waals surface area contributed by atoms with E-state index in [-0.39, 0.29) is 25.9 Å². The average molecular weight is 521 g/mol. The molecule has 2 N–H and O–H groups in total. The van der Waals surface area contributed by atoms with Crippen LogP contribution in [-0.2, 0) is 28.5 Å². The van der Waals surface area contributed by atoms with Crippen LogP contribution in [0.25, 0.3) is 0 Å². The number of nitrogens with one attached hydrogen (secondary N) is 2. The largest absolute Gasteiger partial charge is 0.459 e. The Labute approximate surface area is 218 Å². The Morgan fingerprint density at radius 3 is 2.35 bits per heavy atom. The van der Waals surface area contributed by atoms with Crippen molar-refractivity contribution < 1.29 is 38.1 Å². The molecule has 0 aromatic rings. The molecule has 10 nitrogen and oxygen atoms in total. The van der Waals surface area contributed by atoms with Crippen molar-refractivity contribution in [3.05, 3.63) is 25.3 Å². The number of hydrogen-bond acceptors (Lipinski definition) is 8. The van der Waals surface area contributed by atoms with Crippen LogP contribution in [-0.4, -0.2) is 62.6 Å². The number of alkyl carbamates (subject to hydrolysis) is 2. The summed E-state index contributed by atoms with van der Waals surface area (Å²) >= 11 is 0. The summed E-state index contributed by atoms with van der Waals surface area (Å²) in [6, 6.07) is -0.00907. The summed E-state index contributed by atoms with van der Waals surface area (Å²) in [6.07, 6.45) is 6.17. The summed E-state index contributed by atoms with van der Waals surface area (Å²) in [5.74, 6) is 2.42. The van der Waals surface area contributed by atoms with Crippen molar-refractivity contribution >= 4 is 24.1 Å². The lowest BCUT2D eigenvalue weighted by Gasteiger charge is -2.37. The molecule has 2 amide bonds. The first-order chi connectivity index (χ1) is 17.7. The van der Waals surface area contributed by atoms with Crippen LogP contribution in [0.2, 0.25) is 0 Å². The molecule has 206 valence electrons. The maximum absolute atomic E-state index is 12.2. The molecule has 3 fully saturated rings. The molecular formula is C27H40N2O8. The van der Waals surface area contributed by atoms with Gasteiger partial charge in [0.1, 0.15) is 25.9 Å². The zero-order chi connectivity index (χ0) is 26.9. The van der Waals surface area contributed by atoms with Crippen LogP contribution in [0.4, 0.5) is 9.59 Å². The van der Waals surface area contributed by atoms with Gasteiger partial charge in [0.25, 0.3) is 0 Å². The Morgan fingerprint density at radius 2 is 1.62 bits per heavy atom. The van der Waals surface area contributed by atoms with Gasteiger partial charge >= 0.3 is 24.1 Å². The second kappa shape index (κ2) is 13.5. The molecule has 3 aliphatic rings. The van der Waals surface area contributed by atoms with Crippen LogP contribution in [0.3, 0.4) is 0 Å². The van der Waals surface area contributed by atoms with Crippen molar-refractivity contribution in [2.45, 2.75) is 58.1 Å². The van der Waals surface area contributed by atoms with E-state index in [4.69, 9.17) is 18.9 Å². The van der Waals surface area contributed by atoms with Gasteiger partial charge in [-0.25, -0.2) is 19.2 Å². The predicted molar refractivity (Wildman–Crippen MR) is 134 cm³/mol. The molecule has 37 heavy (non-hydrogen) atoms. The number of hydrogen-bond donors (Lipinski definition) is 2. The van der Waals surface area contributed by atoms with E-state index < -0.39 is 30.2 Å². The van der Waals surface area contributed by atoms with Gasteiger partial charge in [0.2, 0.25) is 0 Å². The minimum Gasteiger partial charge on any atom is -0.459 e. The van der Waals surface area contributed by atoms with Crippen LogP contribution in [0, 0.1) is 35.5 Å². The van der Waals surface area contributed by atoms with E-state index in [9.17, 15) is 19.2 Å².